The third-order valence-corrected chi connectivity index (χ3v) is 4.50. The monoisotopic (exact) mass is 348 g/mol. The Hall–Kier alpha value is -1.80. The molecule has 0 spiro atoms. The number of benzene rings is 1. The van der Waals surface area contributed by atoms with E-state index in [9.17, 15) is 13.2 Å². The van der Waals surface area contributed by atoms with Gasteiger partial charge in [-0.2, -0.15) is 0 Å². The zero-order valence-electron chi connectivity index (χ0n) is 12.6. The van der Waals surface area contributed by atoms with Crippen molar-refractivity contribution < 1.29 is 23.2 Å². The van der Waals surface area contributed by atoms with Crippen LogP contribution in [0.3, 0.4) is 0 Å². The second-order valence-electron chi connectivity index (χ2n) is 4.79. The van der Waals surface area contributed by atoms with Crippen LogP contribution >= 0.6 is 11.6 Å². The molecule has 0 bridgehead atoms. The summed E-state index contributed by atoms with van der Waals surface area (Å²) >= 11 is 6.01. The molecule has 0 radical (unpaired) electrons. The first-order chi connectivity index (χ1) is 10.1. The number of rotatable bonds is 5. The van der Waals surface area contributed by atoms with E-state index < -0.39 is 15.8 Å². The van der Waals surface area contributed by atoms with Gasteiger partial charge in [0.05, 0.1) is 15.5 Å². The van der Waals surface area contributed by atoms with Crippen molar-refractivity contribution in [3.8, 4) is 0 Å². The summed E-state index contributed by atoms with van der Waals surface area (Å²) < 4.78 is 23.6. The maximum absolute atomic E-state index is 11.8. The van der Waals surface area contributed by atoms with E-state index in [-0.39, 0.29) is 27.7 Å². The maximum Gasteiger partial charge on any atom is 0.337 e. The average molecular weight is 349 g/mol. The van der Waals surface area contributed by atoms with Gasteiger partial charge in [0.2, 0.25) is 0 Å². The molecule has 0 heterocycles. The number of carbonyl (C=O) groups is 1. The molecule has 1 aromatic rings. The van der Waals surface area contributed by atoms with Crippen molar-refractivity contribution in [3.05, 3.63) is 28.3 Å². The molecule has 0 aliphatic rings. The number of hydrogen-bond acceptors (Lipinski definition) is 5. The van der Waals surface area contributed by atoms with Crippen molar-refractivity contribution in [1.82, 2.24) is 4.90 Å². The Bertz CT molecular complexity index is 713. The standard InChI is InChI=1S/C13H17ClN2O5S/c1-8(16(2)3)15-21-7-10-11(22(4,19)20)6-5-9(12(10)14)13(17)18/h5-6H,7H2,1-4H3,(H,17,18)/b15-8-. The first-order valence-corrected chi connectivity index (χ1v) is 8.41. The van der Waals surface area contributed by atoms with Crippen molar-refractivity contribution in [2.24, 2.45) is 5.16 Å². The maximum atomic E-state index is 11.8. The smallest absolute Gasteiger partial charge is 0.337 e. The highest BCUT2D eigenvalue weighted by molar-refractivity contribution is 7.90. The molecule has 1 rings (SSSR count). The largest absolute Gasteiger partial charge is 0.478 e. The van der Waals surface area contributed by atoms with Gasteiger partial charge in [-0.1, -0.05) is 16.8 Å². The van der Waals surface area contributed by atoms with Gasteiger partial charge in [-0.05, 0) is 19.1 Å². The van der Waals surface area contributed by atoms with Crippen LogP contribution in [-0.4, -0.2) is 50.6 Å². The van der Waals surface area contributed by atoms with Gasteiger partial charge in [-0.25, -0.2) is 13.2 Å². The molecule has 1 aromatic carbocycles. The lowest BCUT2D eigenvalue weighted by atomic mass is 10.1. The highest BCUT2D eigenvalue weighted by atomic mass is 35.5. The zero-order valence-corrected chi connectivity index (χ0v) is 14.2. The van der Waals surface area contributed by atoms with Crippen LogP contribution in [0.5, 0.6) is 0 Å². The topological polar surface area (TPSA) is 96.3 Å². The van der Waals surface area contributed by atoms with E-state index in [1.54, 1.807) is 25.9 Å². The van der Waals surface area contributed by atoms with Gasteiger partial charge in [0.15, 0.2) is 9.84 Å². The zero-order chi connectivity index (χ0) is 17.1. The van der Waals surface area contributed by atoms with Gasteiger partial charge in [-0.15, -0.1) is 0 Å². The number of carboxylic acid groups (broad SMARTS) is 1. The SMILES string of the molecule is C/C(=N/OCc1c(S(C)(=O)=O)ccc(C(=O)O)c1Cl)N(C)C. The molecule has 0 amide bonds. The van der Waals surface area contributed by atoms with Crippen molar-refractivity contribution in [2.45, 2.75) is 18.4 Å². The molecule has 0 aromatic heterocycles. The van der Waals surface area contributed by atoms with Crippen LogP contribution in [0.2, 0.25) is 5.02 Å². The second-order valence-corrected chi connectivity index (χ2v) is 7.15. The van der Waals surface area contributed by atoms with E-state index in [4.69, 9.17) is 21.5 Å². The molecule has 0 saturated carbocycles. The fourth-order valence-electron chi connectivity index (χ4n) is 1.52. The van der Waals surface area contributed by atoms with Crippen LogP contribution in [0.25, 0.3) is 0 Å². The molecule has 0 aliphatic carbocycles. The van der Waals surface area contributed by atoms with Gasteiger partial charge in [0.1, 0.15) is 12.4 Å². The number of carboxylic acids is 1. The second kappa shape index (κ2) is 6.97. The third-order valence-electron chi connectivity index (χ3n) is 2.88. The van der Waals surface area contributed by atoms with Crippen LogP contribution in [-0.2, 0) is 21.3 Å². The molecule has 1 N–H and O–H groups in total. The summed E-state index contributed by atoms with van der Waals surface area (Å²) in [7, 11) is -0.0496. The van der Waals surface area contributed by atoms with Crippen LogP contribution in [0.15, 0.2) is 22.2 Å². The number of aromatic carboxylic acids is 1. The van der Waals surface area contributed by atoms with E-state index in [1.807, 2.05) is 0 Å². The van der Waals surface area contributed by atoms with Crippen molar-refractivity contribution in [2.75, 3.05) is 20.4 Å². The van der Waals surface area contributed by atoms with Crippen LogP contribution in [0.4, 0.5) is 0 Å². The fraction of sp³-hybridized carbons (Fsp3) is 0.385. The summed E-state index contributed by atoms with van der Waals surface area (Å²) in [5, 5.41) is 12.7. The summed E-state index contributed by atoms with van der Waals surface area (Å²) in [6.07, 6.45) is 1.01. The Labute approximate surface area is 134 Å². The number of sulfone groups is 1. The lowest BCUT2D eigenvalue weighted by Gasteiger charge is -2.13. The Balaban J connectivity index is 3.27. The van der Waals surface area contributed by atoms with Crippen LogP contribution in [0, 0.1) is 0 Å². The highest BCUT2D eigenvalue weighted by Gasteiger charge is 2.21. The molecule has 0 atom stereocenters. The van der Waals surface area contributed by atoms with Crippen molar-refractivity contribution in [3.63, 3.8) is 0 Å². The van der Waals surface area contributed by atoms with Crippen molar-refractivity contribution in [1.29, 1.82) is 0 Å². The fourth-order valence-corrected chi connectivity index (χ4v) is 2.80. The number of oxime groups is 1. The van der Waals surface area contributed by atoms with E-state index in [0.29, 0.717) is 5.84 Å². The Morgan fingerprint density at radius 2 is 2.00 bits per heavy atom. The Morgan fingerprint density at radius 3 is 2.45 bits per heavy atom. The molecule has 9 heteroatoms. The van der Waals surface area contributed by atoms with Crippen LogP contribution < -0.4 is 0 Å². The first-order valence-electron chi connectivity index (χ1n) is 6.14. The first kappa shape index (κ1) is 18.2. The van der Waals surface area contributed by atoms with Gasteiger partial charge >= 0.3 is 5.97 Å². The summed E-state index contributed by atoms with van der Waals surface area (Å²) in [5.41, 5.74) is -0.125. The number of nitrogens with zero attached hydrogens (tertiary/aromatic N) is 2. The van der Waals surface area contributed by atoms with E-state index in [2.05, 4.69) is 5.16 Å². The number of amidine groups is 1. The number of halogens is 1. The Morgan fingerprint density at radius 1 is 1.41 bits per heavy atom. The van der Waals surface area contributed by atoms with E-state index in [0.717, 1.165) is 12.3 Å². The highest BCUT2D eigenvalue weighted by Crippen LogP contribution is 2.28. The van der Waals surface area contributed by atoms with E-state index in [1.165, 1.54) is 6.07 Å². The Kier molecular flexibility index (Phi) is 5.78. The lowest BCUT2D eigenvalue weighted by Crippen LogP contribution is -2.18. The third kappa shape index (κ3) is 4.35. The minimum atomic E-state index is -3.58. The quantitative estimate of drug-likeness (QED) is 0.495. The number of hydrogen-bond donors (Lipinski definition) is 1. The summed E-state index contributed by atoms with van der Waals surface area (Å²) in [5.74, 6) is -0.689. The lowest BCUT2D eigenvalue weighted by molar-refractivity contribution is 0.0696. The molecule has 0 fully saturated rings. The predicted octanol–water partition coefficient (Wildman–Crippen LogP) is 1.85. The van der Waals surface area contributed by atoms with Crippen molar-refractivity contribution >= 4 is 33.2 Å². The van der Waals surface area contributed by atoms with E-state index >= 15 is 0 Å². The normalized spacial score (nSPS) is 12.1. The molecule has 0 unspecified atom stereocenters. The van der Waals surface area contributed by atoms with Gasteiger partial charge < -0.3 is 14.8 Å². The summed E-state index contributed by atoms with van der Waals surface area (Å²) in [6, 6.07) is 2.35. The predicted molar refractivity (Wildman–Crippen MR) is 83.1 cm³/mol. The molecule has 7 nitrogen and oxygen atoms in total. The van der Waals surface area contributed by atoms with Crippen LogP contribution in [0.1, 0.15) is 22.8 Å². The van der Waals surface area contributed by atoms with Gasteiger partial charge in [0.25, 0.3) is 0 Å². The molecule has 122 valence electrons. The summed E-state index contributed by atoms with van der Waals surface area (Å²) in [6.45, 7) is 1.44. The van der Waals surface area contributed by atoms with Gasteiger partial charge in [-0.3, -0.25) is 0 Å². The summed E-state index contributed by atoms with van der Waals surface area (Å²) in [4.78, 5) is 17.8. The molecular formula is C13H17ClN2O5S. The average Bonchev–Trinajstić information content (AvgIpc) is 2.38. The molecular weight excluding hydrogens is 332 g/mol. The molecule has 0 saturated heterocycles. The minimum Gasteiger partial charge on any atom is -0.478 e. The minimum absolute atomic E-state index is 0.0689. The molecule has 0 aliphatic heterocycles. The van der Waals surface area contributed by atoms with Gasteiger partial charge in [0, 0.05) is 25.9 Å². The molecule has 22 heavy (non-hydrogen) atoms.